The van der Waals surface area contributed by atoms with Crippen molar-refractivity contribution in [2.45, 2.75) is 25.2 Å². The summed E-state index contributed by atoms with van der Waals surface area (Å²) in [5, 5.41) is 5.15. The number of aryl methyl sites for hydroxylation is 1. The SMILES string of the molecule is CCc1ccccc1NC(=O)CNC(=O)COC(=O)c1ccccc1[S@@](=O)CC. The molecular formula is C21H24N2O5S. The summed E-state index contributed by atoms with van der Waals surface area (Å²) in [4.78, 5) is 36.5. The molecule has 0 radical (unpaired) electrons. The predicted molar refractivity (Wildman–Crippen MR) is 111 cm³/mol. The van der Waals surface area contributed by atoms with Gasteiger partial charge in [-0.05, 0) is 30.2 Å². The number of benzene rings is 2. The molecule has 0 saturated heterocycles. The number of para-hydroxylation sites is 1. The average molecular weight is 416 g/mol. The Morgan fingerprint density at radius 1 is 0.966 bits per heavy atom. The molecule has 0 saturated carbocycles. The van der Waals surface area contributed by atoms with E-state index >= 15 is 0 Å². The normalized spacial score (nSPS) is 11.4. The standard InChI is InChI=1S/C21H24N2O5S/c1-3-15-9-5-7-11-17(15)23-19(24)13-22-20(25)14-28-21(26)16-10-6-8-12-18(16)29(27)4-2/h5-12H,3-4,13-14H2,1-2H3,(H,22,25)(H,23,24)/t29-/m0/s1. The van der Waals surface area contributed by atoms with Gasteiger partial charge in [0.2, 0.25) is 5.91 Å². The van der Waals surface area contributed by atoms with Gasteiger partial charge in [0.05, 0.1) is 27.8 Å². The van der Waals surface area contributed by atoms with E-state index in [0.29, 0.717) is 16.3 Å². The van der Waals surface area contributed by atoms with E-state index in [2.05, 4.69) is 10.6 Å². The van der Waals surface area contributed by atoms with Crippen LogP contribution in [-0.2, 0) is 31.5 Å². The highest BCUT2D eigenvalue weighted by molar-refractivity contribution is 7.85. The fourth-order valence-electron chi connectivity index (χ4n) is 2.57. The minimum absolute atomic E-state index is 0.161. The quantitative estimate of drug-likeness (QED) is 0.611. The third kappa shape index (κ3) is 6.53. The van der Waals surface area contributed by atoms with Crippen molar-refractivity contribution in [1.82, 2.24) is 5.32 Å². The molecule has 0 spiro atoms. The maximum atomic E-state index is 12.2. The number of carbonyl (C=O) groups excluding carboxylic acids is 3. The van der Waals surface area contributed by atoms with Gasteiger partial charge in [-0.25, -0.2) is 4.79 Å². The molecular weight excluding hydrogens is 392 g/mol. The van der Waals surface area contributed by atoms with Gasteiger partial charge in [-0.1, -0.05) is 44.2 Å². The summed E-state index contributed by atoms with van der Waals surface area (Å²) in [6, 6.07) is 13.8. The molecule has 154 valence electrons. The molecule has 0 bridgehead atoms. The summed E-state index contributed by atoms with van der Waals surface area (Å²) < 4.78 is 17.0. The van der Waals surface area contributed by atoms with Crippen molar-refractivity contribution >= 4 is 34.3 Å². The van der Waals surface area contributed by atoms with Crippen LogP contribution in [0.15, 0.2) is 53.4 Å². The zero-order valence-corrected chi connectivity index (χ0v) is 17.2. The summed E-state index contributed by atoms with van der Waals surface area (Å²) >= 11 is 0. The van der Waals surface area contributed by atoms with Gasteiger partial charge in [-0.3, -0.25) is 13.8 Å². The molecule has 0 aromatic heterocycles. The highest BCUT2D eigenvalue weighted by atomic mass is 32.2. The molecule has 0 aliphatic heterocycles. The van der Waals surface area contributed by atoms with Crippen LogP contribution >= 0.6 is 0 Å². The maximum absolute atomic E-state index is 12.2. The van der Waals surface area contributed by atoms with E-state index in [1.54, 1.807) is 31.2 Å². The molecule has 29 heavy (non-hydrogen) atoms. The van der Waals surface area contributed by atoms with E-state index in [1.807, 2.05) is 25.1 Å². The molecule has 7 nitrogen and oxygen atoms in total. The maximum Gasteiger partial charge on any atom is 0.339 e. The Morgan fingerprint density at radius 3 is 2.38 bits per heavy atom. The number of anilines is 1. The van der Waals surface area contributed by atoms with Gasteiger partial charge in [0.15, 0.2) is 6.61 Å². The van der Waals surface area contributed by atoms with Crippen molar-refractivity contribution in [2.24, 2.45) is 0 Å². The van der Waals surface area contributed by atoms with Gasteiger partial charge in [0.25, 0.3) is 5.91 Å². The topological polar surface area (TPSA) is 102 Å². The van der Waals surface area contributed by atoms with Crippen LogP contribution in [-0.4, -0.2) is 40.9 Å². The Bertz CT molecular complexity index is 913. The van der Waals surface area contributed by atoms with Crippen LogP contribution < -0.4 is 10.6 Å². The zero-order chi connectivity index (χ0) is 21.2. The Morgan fingerprint density at radius 2 is 1.66 bits per heavy atom. The predicted octanol–water partition coefficient (Wildman–Crippen LogP) is 2.29. The van der Waals surface area contributed by atoms with Gasteiger partial charge >= 0.3 is 5.97 Å². The molecule has 0 aliphatic carbocycles. The van der Waals surface area contributed by atoms with Crippen LogP contribution in [0.1, 0.15) is 29.8 Å². The first-order chi connectivity index (χ1) is 14.0. The summed E-state index contributed by atoms with van der Waals surface area (Å²) in [7, 11) is -1.32. The van der Waals surface area contributed by atoms with E-state index in [4.69, 9.17) is 4.74 Å². The number of hydrogen-bond donors (Lipinski definition) is 2. The van der Waals surface area contributed by atoms with Crippen molar-refractivity contribution in [3.8, 4) is 0 Å². The van der Waals surface area contributed by atoms with Gasteiger partial charge in [0.1, 0.15) is 0 Å². The second kappa shape index (κ2) is 11.1. The zero-order valence-electron chi connectivity index (χ0n) is 16.4. The summed E-state index contributed by atoms with van der Waals surface area (Å²) in [5.74, 6) is -1.36. The van der Waals surface area contributed by atoms with Crippen LogP contribution in [0.25, 0.3) is 0 Å². The first kappa shape index (κ1) is 22.3. The number of ether oxygens (including phenoxy) is 1. The van der Waals surface area contributed by atoms with Gasteiger partial charge in [0, 0.05) is 11.4 Å². The third-order valence-electron chi connectivity index (χ3n) is 4.07. The van der Waals surface area contributed by atoms with Crippen molar-refractivity contribution in [2.75, 3.05) is 24.2 Å². The second-order valence-electron chi connectivity index (χ2n) is 6.04. The molecule has 1 atom stereocenters. The summed E-state index contributed by atoms with van der Waals surface area (Å²) in [5.41, 5.74) is 1.85. The van der Waals surface area contributed by atoms with Crippen molar-refractivity contribution in [3.63, 3.8) is 0 Å². The fourth-order valence-corrected chi connectivity index (χ4v) is 3.51. The number of esters is 1. The van der Waals surface area contributed by atoms with Crippen LogP contribution in [0.5, 0.6) is 0 Å². The molecule has 2 amide bonds. The molecule has 2 rings (SSSR count). The van der Waals surface area contributed by atoms with Crippen LogP contribution in [0.3, 0.4) is 0 Å². The van der Waals surface area contributed by atoms with E-state index < -0.39 is 29.3 Å². The molecule has 2 N–H and O–H groups in total. The van der Waals surface area contributed by atoms with Crippen LogP contribution in [0.2, 0.25) is 0 Å². The van der Waals surface area contributed by atoms with Gasteiger partial charge in [-0.15, -0.1) is 0 Å². The highest BCUT2D eigenvalue weighted by Crippen LogP contribution is 2.16. The fraction of sp³-hybridized carbons (Fsp3) is 0.286. The Balaban J connectivity index is 1.84. The number of hydrogen-bond acceptors (Lipinski definition) is 5. The molecule has 2 aromatic rings. The minimum Gasteiger partial charge on any atom is -0.452 e. The van der Waals surface area contributed by atoms with E-state index in [-0.39, 0.29) is 18.0 Å². The van der Waals surface area contributed by atoms with Crippen molar-refractivity contribution in [3.05, 3.63) is 59.7 Å². The van der Waals surface area contributed by atoms with E-state index in [1.165, 1.54) is 6.07 Å². The first-order valence-corrected chi connectivity index (χ1v) is 10.6. The molecule has 0 unspecified atom stereocenters. The number of rotatable bonds is 9. The smallest absolute Gasteiger partial charge is 0.339 e. The van der Waals surface area contributed by atoms with Gasteiger partial charge in [-0.2, -0.15) is 0 Å². The highest BCUT2D eigenvalue weighted by Gasteiger charge is 2.17. The molecule has 2 aromatic carbocycles. The number of carbonyl (C=O) groups is 3. The molecule has 0 aliphatic rings. The largest absolute Gasteiger partial charge is 0.452 e. The molecule has 0 heterocycles. The lowest BCUT2D eigenvalue weighted by atomic mass is 10.1. The summed E-state index contributed by atoms with van der Waals surface area (Å²) in [6.07, 6.45) is 0.767. The lowest BCUT2D eigenvalue weighted by Gasteiger charge is -2.11. The lowest BCUT2D eigenvalue weighted by Crippen LogP contribution is -2.35. The van der Waals surface area contributed by atoms with E-state index in [9.17, 15) is 18.6 Å². The Hall–Kier alpha value is -3.00. The lowest BCUT2D eigenvalue weighted by molar-refractivity contribution is -0.126. The third-order valence-corrected chi connectivity index (χ3v) is 5.44. The first-order valence-electron chi connectivity index (χ1n) is 9.25. The Labute approximate surface area is 172 Å². The second-order valence-corrected chi connectivity index (χ2v) is 7.75. The monoisotopic (exact) mass is 416 g/mol. The summed E-state index contributed by atoms with van der Waals surface area (Å²) in [6.45, 7) is 2.95. The van der Waals surface area contributed by atoms with Gasteiger partial charge < -0.3 is 15.4 Å². The van der Waals surface area contributed by atoms with Crippen LogP contribution in [0, 0.1) is 0 Å². The molecule has 8 heteroatoms. The van der Waals surface area contributed by atoms with E-state index in [0.717, 1.165) is 12.0 Å². The number of amides is 2. The minimum atomic E-state index is -1.32. The number of nitrogens with one attached hydrogen (secondary N) is 2. The van der Waals surface area contributed by atoms with Crippen molar-refractivity contribution < 1.29 is 23.3 Å². The molecule has 0 fully saturated rings. The Kier molecular flexibility index (Phi) is 8.54. The van der Waals surface area contributed by atoms with Crippen molar-refractivity contribution in [1.29, 1.82) is 0 Å². The van der Waals surface area contributed by atoms with Crippen LogP contribution in [0.4, 0.5) is 5.69 Å². The average Bonchev–Trinajstić information content (AvgIpc) is 2.75.